The number of hydrogen-bond donors (Lipinski definition) is 1. The number of nitrogens with zero attached hydrogens (tertiary/aromatic N) is 1. The topological polar surface area (TPSA) is 29.3 Å². The average molecular weight is 250 g/mol. The molecule has 2 unspecified atom stereocenters. The minimum Gasteiger partial charge on any atom is -0.326 e. The van der Waals surface area contributed by atoms with E-state index in [0.717, 1.165) is 17.7 Å². The molecule has 2 nitrogen and oxygen atoms in total. The molecule has 1 saturated heterocycles. The number of nitrogens with two attached hydrogens (primary N) is 1. The Labute approximate surface area is 109 Å². The van der Waals surface area contributed by atoms with Crippen LogP contribution in [0.1, 0.15) is 37.8 Å². The van der Waals surface area contributed by atoms with Crippen molar-refractivity contribution < 1.29 is 4.39 Å². The summed E-state index contributed by atoms with van der Waals surface area (Å²) in [6.45, 7) is 6.74. The highest BCUT2D eigenvalue weighted by Gasteiger charge is 2.23. The maximum absolute atomic E-state index is 13.8. The molecular formula is C15H23FN2. The normalized spacial score (nSPS) is 25.3. The van der Waals surface area contributed by atoms with Gasteiger partial charge in [-0.25, -0.2) is 4.39 Å². The molecule has 0 saturated carbocycles. The van der Waals surface area contributed by atoms with E-state index in [1.54, 1.807) is 6.07 Å². The monoisotopic (exact) mass is 250 g/mol. The molecule has 1 aliphatic rings. The van der Waals surface area contributed by atoms with Crippen LogP contribution >= 0.6 is 0 Å². The minimum absolute atomic E-state index is 0.113. The molecule has 0 aromatic heterocycles. The van der Waals surface area contributed by atoms with Crippen molar-refractivity contribution in [3.8, 4) is 0 Å². The molecule has 1 aliphatic heterocycles. The molecule has 0 radical (unpaired) electrons. The van der Waals surface area contributed by atoms with Gasteiger partial charge in [0.25, 0.3) is 0 Å². The number of likely N-dealkylation sites (tertiary alicyclic amines) is 1. The molecule has 2 rings (SSSR count). The van der Waals surface area contributed by atoms with Gasteiger partial charge < -0.3 is 5.73 Å². The van der Waals surface area contributed by atoms with E-state index in [1.807, 2.05) is 6.07 Å². The second-order valence-corrected chi connectivity index (χ2v) is 5.59. The lowest BCUT2D eigenvalue weighted by molar-refractivity contribution is 0.116. The van der Waals surface area contributed by atoms with Crippen molar-refractivity contribution in [1.29, 1.82) is 0 Å². The van der Waals surface area contributed by atoms with Gasteiger partial charge in [0.05, 0.1) is 0 Å². The zero-order valence-electron chi connectivity index (χ0n) is 11.3. The van der Waals surface area contributed by atoms with Gasteiger partial charge in [0.2, 0.25) is 0 Å². The Balaban J connectivity index is 2.12. The molecule has 1 fully saturated rings. The van der Waals surface area contributed by atoms with Crippen LogP contribution in [0, 0.1) is 11.7 Å². The van der Waals surface area contributed by atoms with E-state index < -0.39 is 0 Å². The SMILES string of the molecule is CC1CCC(C)N(Cc2cc(CN)ccc2F)C1. The van der Waals surface area contributed by atoms with Crippen molar-refractivity contribution >= 4 is 0 Å². The Kier molecular flexibility index (Phi) is 4.36. The highest BCUT2D eigenvalue weighted by molar-refractivity contribution is 5.25. The first-order chi connectivity index (χ1) is 8.60. The molecule has 3 heteroatoms. The smallest absolute Gasteiger partial charge is 0.127 e. The van der Waals surface area contributed by atoms with Gasteiger partial charge in [-0.1, -0.05) is 19.1 Å². The first kappa shape index (κ1) is 13.5. The molecular weight excluding hydrogens is 227 g/mol. The number of benzene rings is 1. The van der Waals surface area contributed by atoms with Gasteiger partial charge in [-0.2, -0.15) is 0 Å². The van der Waals surface area contributed by atoms with E-state index in [2.05, 4.69) is 18.7 Å². The van der Waals surface area contributed by atoms with E-state index in [4.69, 9.17) is 5.73 Å². The summed E-state index contributed by atoms with van der Waals surface area (Å²) in [5.74, 6) is 0.597. The van der Waals surface area contributed by atoms with E-state index in [1.165, 1.54) is 18.9 Å². The van der Waals surface area contributed by atoms with Crippen molar-refractivity contribution in [2.45, 2.75) is 45.8 Å². The number of hydrogen-bond acceptors (Lipinski definition) is 2. The molecule has 0 bridgehead atoms. The Morgan fingerprint density at radius 3 is 2.83 bits per heavy atom. The van der Waals surface area contributed by atoms with E-state index >= 15 is 0 Å². The molecule has 18 heavy (non-hydrogen) atoms. The lowest BCUT2D eigenvalue weighted by Crippen LogP contribution is -2.40. The summed E-state index contributed by atoms with van der Waals surface area (Å²) < 4.78 is 13.8. The maximum atomic E-state index is 13.8. The van der Waals surface area contributed by atoms with Crippen molar-refractivity contribution in [3.63, 3.8) is 0 Å². The molecule has 0 aliphatic carbocycles. The fourth-order valence-electron chi connectivity index (χ4n) is 2.70. The Hall–Kier alpha value is -0.930. The fraction of sp³-hybridized carbons (Fsp3) is 0.600. The van der Waals surface area contributed by atoms with Gasteiger partial charge in [0.15, 0.2) is 0 Å². The molecule has 1 heterocycles. The van der Waals surface area contributed by atoms with Crippen molar-refractivity contribution in [3.05, 3.63) is 35.1 Å². The van der Waals surface area contributed by atoms with E-state index in [9.17, 15) is 4.39 Å². The van der Waals surface area contributed by atoms with Crippen molar-refractivity contribution in [1.82, 2.24) is 4.90 Å². The Morgan fingerprint density at radius 1 is 1.33 bits per heavy atom. The van der Waals surface area contributed by atoms with Crippen LogP contribution in [0.3, 0.4) is 0 Å². The summed E-state index contributed by atoms with van der Waals surface area (Å²) in [5, 5.41) is 0. The van der Waals surface area contributed by atoms with Crippen molar-refractivity contribution in [2.75, 3.05) is 6.54 Å². The van der Waals surface area contributed by atoms with Crippen LogP contribution in [0.2, 0.25) is 0 Å². The van der Waals surface area contributed by atoms with E-state index in [-0.39, 0.29) is 5.82 Å². The Morgan fingerprint density at radius 2 is 2.11 bits per heavy atom. The van der Waals surface area contributed by atoms with Crippen LogP contribution in [-0.2, 0) is 13.1 Å². The quantitative estimate of drug-likeness (QED) is 0.893. The predicted molar refractivity (Wildman–Crippen MR) is 72.6 cm³/mol. The third kappa shape index (κ3) is 3.09. The largest absolute Gasteiger partial charge is 0.326 e. The van der Waals surface area contributed by atoms with Gasteiger partial charge in [0.1, 0.15) is 5.82 Å². The van der Waals surface area contributed by atoms with Crippen LogP contribution < -0.4 is 5.73 Å². The van der Waals surface area contributed by atoms with Gasteiger partial charge in [-0.05, 0) is 37.3 Å². The van der Waals surface area contributed by atoms with Crippen LogP contribution in [0.5, 0.6) is 0 Å². The van der Waals surface area contributed by atoms with Crippen LogP contribution in [0.15, 0.2) is 18.2 Å². The van der Waals surface area contributed by atoms with Gasteiger partial charge in [0, 0.05) is 31.2 Å². The number of rotatable bonds is 3. The number of piperidine rings is 1. The summed E-state index contributed by atoms with van der Waals surface area (Å²) in [4.78, 5) is 2.38. The number of halogens is 1. The summed E-state index contributed by atoms with van der Waals surface area (Å²) in [7, 11) is 0. The van der Waals surface area contributed by atoms with Gasteiger partial charge >= 0.3 is 0 Å². The molecule has 0 spiro atoms. The maximum Gasteiger partial charge on any atom is 0.127 e. The second kappa shape index (κ2) is 5.81. The molecule has 1 aromatic carbocycles. The standard InChI is InChI=1S/C15H23FN2/c1-11-3-4-12(2)18(9-11)10-14-7-13(8-17)5-6-15(14)16/h5-7,11-12H,3-4,8-10,17H2,1-2H3. The fourth-order valence-corrected chi connectivity index (χ4v) is 2.70. The van der Waals surface area contributed by atoms with Crippen molar-refractivity contribution in [2.24, 2.45) is 11.7 Å². The third-order valence-corrected chi connectivity index (χ3v) is 3.97. The minimum atomic E-state index is -0.113. The first-order valence-corrected chi connectivity index (χ1v) is 6.81. The average Bonchev–Trinajstić information content (AvgIpc) is 2.36. The molecule has 0 amide bonds. The van der Waals surface area contributed by atoms with Crippen LogP contribution in [0.25, 0.3) is 0 Å². The highest BCUT2D eigenvalue weighted by atomic mass is 19.1. The van der Waals surface area contributed by atoms with Crippen LogP contribution in [0.4, 0.5) is 4.39 Å². The second-order valence-electron chi connectivity index (χ2n) is 5.59. The highest BCUT2D eigenvalue weighted by Crippen LogP contribution is 2.24. The van der Waals surface area contributed by atoms with Gasteiger partial charge in [-0.15, -0.1) is 0 Å². The molecule has 1 aromatic rings. The lowest BCUT2D eigenvalue weighted by Gasteiger charge is -2.36. The molecule has 100 valence electrons. The van der Waals surface area contributed by atoms with E-state index in [0.29, 0.717) is 25.0 Å². The summed E-state index contributed by atoms with van der Waals surface area (Å²) in [5.41, 5.74) is 7.40. The summed E-state index contributed by atoms with van der Waals surface area (Å²) in [6, 6.07) is 5.75. The van der Waals surface area contributed by atoms with Gasteiger partial charge in [-0.3, -0.25) is 4.90 Å². The predicted octanol–water partition coefficient (Wildman–Crippen LogP) is 2.90. The zero-order valence-corrected chi connectivity index (χ0v) is 11.3. The third-order valence-electron chi connectivity index (χ3n) is 3.97. The summed E-state index contributed by atoms with van der Waals surface area (Å²) >= 11 is 0. The molecule has 2 N–H and O–H groups in total. The Bertz CT molecular complexity index is 405. The zero-order chi connectivity index (χ0) is 13.1. The molecule has 2 atom stereocenters. The summed E-state index contributed by atoms with van der Waals surface area (Å²) in [6.07, 6.45) is 2.49. The first-order valence-electron chi connectivity index (χ1n) is 6.81. The lowest BCUT2D eigenvalue weighted by atomic mass is 9.94. The van der Waals surface area contributed by atoms with Crippen LogP contribution in [-0.4, -0.2) is 17.5 Å².